The zero-order valence-corrected chi connectivity index (χ0v) is 11.2. The molecule has 1 saturated heterocycles. The molecule has 100 valence electrons. The van der Waals surface area contributed by atoms with Gasteiger partial charge >= 0.3 is 0 Å². The van der Waals surface area contributed by atoms with E-state index in [0.717, 1.165) is 0 Å². The monoisotopic (exact) mass is 280 g/mol. The van der Waals surface area contributed by atoms with Crippen LogP contribution in [0.25, 0.3) is 10.4 Å². The molecular formula is C12H13ClN4O2. The second kappa shape index (κ2) is 5.82. The van der Waals surface area contributed by atoms with E-state index in [1.54, 1.807) is 30.2 Å². The Morgan fingerprint density at radius 1 is 1.63 bits per heavy atom. The van der Waals surface area contributed by atoms with E-state index in [9.17, 15) is 4.79 Å². The molecule has 1 fully saturated rings. The number of azide groups is 1. The Bertz CT molecular complexity index is 543. The van der Waals surface area contributed by atoms with Crippen molar-refractivity contribution in [3.63, 3.8) is 0 Å². The molecule has 1 amide bonds. The van der Waals surface area contributed by atoms with Crippen molar-refractivity contribution in [3.05, 3.63) is 33.7 Å². The van der Waals surface area contributed by atoms with Crippen LogP contribution in [0.1, 0.15) is 6.42 Å². The molecule has 0 spiro atoms. The van der Waals surface area contributed by atoms with Gasteiger partial charge < -0.3 is 9.64 Å². The first-order valence-electron chi connectivity index (χ1n) is 5.80. The van der Waals surface area contributed by atoms with Crippen LogP contribution in [0.15, 0.2) is 23.3 Å². The van der Waals surface area contributed by atoms with Crippen molar-refractivity contribution in [1.82, 2.24) is 0 Å². The summed E-state index contributed by atoms with van der Waals surface area (Å²) in [6.45, 7) is 0.830. The molecule has 1 heterocycles. The average molecular weight is 281 g/mol. The number of nitrogens with zero attached hydrogens (tertiary/aromatic N) is 4. The largest absolute Gasteiger partial charge is 0.495 e. The Kier molecular flexibility index (Phi) is 4.14. The number of rotatable bonds is 4. The third-order valence-corrected chi connectivity index (χ3v) is 3.28. The minimum atomic E-state index is -0.0151. The van der Waals surface area contributed by atoms with E-state index in [-0.39, 0.29) is 11.8 Å². The smallest absolute Gasteiger partial charge is 0.227 e. The predicted molar refractivity (Wildman–Crippen MR) is 72.5 cm³/mol. The summed E-state index contributed by atoms with van der Waals surface area (Å²) in [5, 5.41) is 4.06. The Morgan fingerprint density at radius 2 is 2.42 bits per heavy atom. The van der Waals surface area contributed by atoms with Gasteiger partial charge in [0, 0.05) is 29.4 Å². The van der Waals surface area contributed by atoms with Crippen molar-refractivity contribution in [2.24, 2.45) is 11.0 Å². The summed E-state index contributed by atoms with van der Waals surface area (Å²) in [5.74, 6) is 0.618. The molecule has 1 aliphatic heterocycles. The molecule has 6 nitrogen and oxygen atoms in total. The molecular weight excluding hydrogens is 268 g/mol. The van der Waals surface area contributed by atoms with Crippen LogP contribution in [-0.4, -0.2) is 26.1 Å². The number of carbonyl (C=O) groups excluding carboxylic acids is 1. The van der Waals surface area contributed by atoms with Crippen LogP contribution in [0.2, 0.25) is 5.02 Å². The van der Waals surface area contributed by atoms with Crippen molar-refractivity contribution >= 4 is 23.2 Å². The lowest BCUT2D eigenvalue weighted by Crippen LogP contribution is -2.25. The second-order valence-corrected chi connectivity index (χ2v) is 4.74. The lowest BCUT2D eigenvalue weighted by Gasteiger charge is -2.19. The summed E-state index contributed by atoms with van der Waals surface area (Å²) in [6, 6.07) is 5.14. The Balaban J connectivity index is 2.24. The SMILES string of the molecule is COc1ccc(Cl)cc1N1CC(CN=[N+]=[N-])CC1=O. The van der Waals surface area contributed by atoms with Crippen molar-refractivity contribution in [1.29, 1.82) is 0 Å². The molecule has 0 aliphatic carbocycles. The van der Waals surface area contributed by atoms with Gasteiger partial charge in [0.1, 0.15) is 5.75 Å². The fourth-order valence-corrected chi connectivity index (χ4v) is 2.33. The number of amides is 1. The van der Waals surface area contributed by atoms with Crippen molar-refractivity contribution in [2.75, 3.05) is 25.1 Å². The van der Waals surface area contributed by atoms with Gasteiger partial charge in [0.15, 0.2) is 0 Å². The molecule has 19 heavy (non-hydrogen) atoms. The van der Waals surface area contributed by atoms with Crippen LogP contribution >= 0.6 is 11.6 Å². The van der Waals surface area contributed by atoms with E-state index in [2.05, 4.69) is 10.0 Å². The van der Waals surface area contributed by atoms with Gasteiger partial charge in [-0.05, 0) is 29.6 Å². The first kappa shape index (κ1) is 13.5. The van der Waals surface area contributed by atoms with E-state index < -0.39 is 0 Å². The molecule has 0 radical (unpaired) electrons. The molecule has 1 aromatic rings. The van der Waals surface area contributed by atoms with Crippen LogP contribution in [0.3, 0.4) is 0 Å². The van der Waals surface area contributed by atoms with Crippen LogP contribution in [0.5, 0.6) is 5.75 Å². The van der Waals surface area contributed by atoms with Crippen molar-refractivity contribution in [2.45, 2.75) is 6.42 Å². The lowest BCUT2D eigenvalue weighted by molar-refractivity contribution is -0.117. The van der Waals surface area contributed by atoms with Crippen molar-refractivity contribution in [3.8, 4) is 5.75 Å². The number of ether oxygens (including phenoxy) is 1. The quantitative estimate of drug-likeness (QED) is 0.483. The fourth-order valence-electron chi connectivity index (χ4n) is 2.16. The number of carbonyl (C=O) groups is 1. The van der Waals surface area contributed by atoms with Gasteiger partial charge in [0.05, 0.1) is 12.8 Å². The zero-order chi connectivity index (χ0) is 13.8. The third-order valence-electron chi connectivity index (χ3n) is 3.04. The number of methoxy groups -OCH3 is 1. The highest BCUT2D eigenvalue weighted by molar-refractivity contribution is 6.31. The van der Waals surface area contributed by atoms with Gasteiger partial charge in [0.2, 0.25) is 5.91 Å². The first-order chi connectivity index (χ1) is 9.15. The molecule has 1 atom stereocenters. The number of anilines is 1. The summed E-state index contributed by atoms with van der Waals surface area (Å²) in [5.41, 5.74) is 8.97. The summed E-state index contributed by atoms with van der Waals surface area (Å²) < 4.78 is 5.24. The van der Waals surface area contributed by atoms with Gasteiger partial charge in [-0.3, -0.25) is 4.79 Å². The maximum atomic E-state index is 12.0. The first-order valence-corrected chi connectivity index (χ1v) is 6.18. The molecule has 0 saturated carbocycles. The van der Waals surface area contributed by atoms with E-state index in [4.69, 9.17) is 21.9 Å². The van der Waals surface area contributed by atoms with Crippen molar-refractivity contribution < 1.29 is 9.53 Å². The summed E-state index contributed by atoms with van der Waals surface area (Å²) in [6.07, 6.45) is 0.370. The highest BCUT2D eigenvalue weighted by Gasteiger charge is 2.31. The standard InChI is InChI=1S/C12H13ClN4O2/c1-19-11-3-2-9(13)5-10(11)17-7-8(4-12(17)18)6-15-16-14/h2-3,5,8H,4,6-7H2,1H3. The number of hydrogen-bond donors (Lipinski definition) is 0. The Labute approximate surface area is 115 Å². The van der Waals surface area contributed by atoms with Gasteiger partial charge in [-0.15, -0.1) is 0 Å². The molecule has 0 bridgehead atoms. The van der Waals surface area contributed by atoms with E-state index in [1.807, 2.05) is 0 Å². The van der Waals surface area contributed by atoms with Gasteiger partial charge in [-0.2, -0.15) is 0 Å². The topological polar surface area (TPSA) is 78.3 Å². The highest BCUT2D eigenvalue weighted by Crippen LogP contribution is 2.35. The van der Waals surface area contributed by atoms with Crippen LogP contribution in [0, 0.1) is 5.92 Å². The fraction of sp³-hybridized carbons (Fsp3) is 0.417. The second-order valence-electron chi connectivity index (χ2n) is 4.30. The van der Waals surface area contributed by atoms with Gasteiger partial charge in [-0.25, -0.2) is 0 Å². The Hall–Kier alpha value is -1.91. The summed E-state index contributed by atoms with van der Waals surface area (Å²) in [4.78, 5) is 16.4. The lowest BCUT2D eigenvalue weighted by atomic mass is 10.1. The third kappa shape index (κ3) is 2.92. The molecule has 7 heteroatoms. The summed E-state index contributed by atoms with van der Waals surface area (Å²) in [7, 11) is 1.55. The minimum Gasteiger partial charge on any atom is -0.495 e. The number of halogens is 1. The molecule has 0 N–H and O–H groups in total. The van der Waals surface area contributed by atoms with Crippen LogP contribution in [0.4, 0.5) is 5.69 Å². The normalized spacial score (nSPS) is 18.3. The average Bonchev–Trinajstić information content (AvgIpc) is 2.77. The number of benzene rings is 1. The van der Waals surface area contributed by atoms with E-state index in [0.29, 0.717) is 36.0 Å². The van der Waals surface area contributed by atoms with E-state index >= 15 is 0 Å². The predicted octanol–water partition coefficient (Wildman–Crippen LogP) is 3.01. The molecule has 2 rings (SSSR count). The molecule has 1 aliphatic rings. The van der Waals surface area contributed by atoms with E-state index in [1.165, 1.54) is 0 Å². The molecule has 1 aromatic carbocycles. The maximum Gasteiger partial charge on any atom is 0.227 e. The zero-order valence-electron chi connectivity index (χ0n) is 10.4. The molecule has 0 aromatic heterocycles. The van der Waals surface area contributed by atoms with Crippen LogP contribution < -0.4 is 9.64 Å². The van der Waals surface area contributed by atoms with Crippen LogP contribution in [-0.2, 0) is 4.79 Å². The van der Waals surface area contributed by atoms with Gasteiger partial charge in [0.25, 0.3) is 0 Å². The number of hydrogen-bond acceptors (Lipinski definition) is 3. The van der Waals surface area contributed by atoms with Gasteiger partial charge in [-0.1, -0.05) is 16.7 Å². The summed E-state index contributed by atoms with van der Waals surface area (Å²) >= 11 is 5.96. The minimum absolute atomic E-state index is 0.0151. The Morgan fingerprint density at radius 3 is 3.11 bits per heavy atom. The maximum absolute atomic E-state index is 12.0. The molecule has 1 unspecified atom stereocenters. The highest BCUT2D eigenvalue weighted by atomic mass is 35.5.